The van der Waals surface area contributed by atoms with Crippen molar-refractivity contribution in [3.8, 4) is 0 Å². The third-order valence-corrected chi connectivity index (χ3v) is 7.04. The summed E-state index contributed by atoms with van der Waals surface area (Å²) in [5.74, 6) is -0.249. The molecule has 2 aliphatic heterocycles. The zero-order chi connectivity index (χ0) is 18.0. The maximum atomic E-state index is 12.3. The van der Waals surface area contributed by atoms with E-state index in [0.717, 1.165) is 25.9 Å². The van der Waals surface area contributed by atoms with Crippen molar-refractivity contribution in [3.05, 3.63) is 39.9 Å². The second kappa shape index (κ2) is 7.66. The highest BCUT2D eigenvalue weighted by Crippen LogP contribution is 2.26. The Morgan fingerprint density at radius 3 is 2.44 bits per heavy atom. The van der Waals surface area contributed by atoms with E-state index in [1.165, 1.54) is 6.08 Å². The van der Waals surface area contributed by atoms with Gasteiger partial charge >= 0.3 is 0 Å². The minimum atomic E-state index is -3.13. The lowest BCUT2D eigenvalue weighted by Crippen LogP contribution is -2.49. The number of hydrogen-bond donors (Lipinski definition) is 1. The van der Waals surface area contributed by atoms with Crippen LogP contribution in [0.2, 0.25) is 10.0 Å². The molecule has 8 heteroatoms. The number of halogens is 2. The van der Waals surface area contributed by atoms with Gasteiger partial charge in [-0.3, -0.25) is 9.69 Å². The van der Waals surface area contributed by atoms with Crippen LogP contribution in [0, 0.1) is 0 Å². The Labute approximate surface area is 157 Å². The van der Waals surface area contributed by atoms with Crippen molar-refractivity contribution in [1.82, 2.24) is 10.2 Å². The Kier molecular flexibility index (Phi) is 5.73. The van der Waals surface area contributed by atoms with Gasteiger partial charge in [-0.25, -0.2) is 8.42 Å². The Morgan fingerprint density at radius 1 is 1.16 bits per heavy atom. The minimum Gasteiger partial charge on any atom is -0.347 e. The number of nitrogens with zero attached hydrogens (tertiary/aromatic N) is 1. The summed E-state index contributed by atoms with van der Waals surface area (Å²) in [6.45, 7) is 1.77. The maximum absolute atomic E-state index is 12.3. The molecule has 0 bridgehead atoms. The molecule has 1 N–H and O–H groups in total. The standard InChI is InChI=1S/C17H20Cl2N2O3S/c18-13-4-3-5-14(19)12(13)6-7-17(22)20-15-10-25(23,24)11-16(15)21-8-1-2-9-21/h3-7,15-16H,1-2,8-11H2,(H,20,22)/b7-6+. The predicted molar refractivity (Wildman–Crippen MR) is 101 cm³/mol. The summed E-state index contributed by atoms with van der Waals surface area (Å²) in [6, 6.07) is 4.58. The van der Waals surface area contributed by atoms with E-state index in [2.05, 4.69) is 10.2 Å². The Bertz CT molecular complexity index is 769. The first kappa shape index (κ1) is 18.7. The van der Waals surface area contributed by atoms with Gasteiger partial charge in [-0.05, 0) is 44.1 Å². The van der Waals surface area contributed by atoms with E-state index in [9.17, 15) is 13.2 Å². The molecular weight excluding hydrogens is 383 g/mol. The summed E-state index contributed by atoms with van der Waals surface area (Å²) < 4.78 is 24.1. The topological polar surface area (TPSA) is 66.5 Å². The molecule has 0 aromatic heterocycles. The molecule has 1 amide bonds. The van der Waals surface area contributed by atoms with Crippen molar-refractivity contribution in [2.45, 2.75) is 24.9 Å². The monoisotopic (exact) mass is 402 g/mol. The molecule has 3 rings (SSSR count). The SMILES string of the molecule is O=C(/C=C/c1c(Cl)cccc1Cl)NC1CS(=O)(=O)CC1N1CCCC1. The van der Waals surface area contributed by atoms with Crippen LogP contribution in [0.5, 0.6) is 0 Å². The fourth-order valence-corrected chi connectivity index (χ4v) is 5.94. The summed E-state index contributed by atoms with van der Waals surface area (Å²) in [6.07, 6.45) is 5.04. The number of benzene rings is 1. The van der Waals surface area contributed by atoms with Crippen molar-refractivity contribution < 1.29 is 13.2 Å². The zero-order valence-corrected chi connectivity index (χ0v) is 15.9. The molecule has 5 nitrogen and oxygen atoms in total. The number of rotatable bonds is 4. The van der Waals surface area contributed by atoms with Crippen LogP contribution in [0.3, 0.4) is 0 Å². The molecule has 1 aromatic rings. The Hall–Kier alpha value is -1.08. The molecule has 0 spiro atoms. The van der Waals surface area contributed by atoms with Crippen LogP contribution in [-0.4, -0.2) is 55.9 Å². The van der Waals surface area contributed by atoms with E-state index >= 15 is 0 Å². The van der Waals surface area contributed by atoms with Gasteiger partial charge < -0.3 is 5.32 Å². The first-order chi connectivity index (χ1) is 11.9. The highest BCUT2D eigenvalue weighted by Gasteiger charge is 2.42. The third-order valence-electron chi connectivity index (χ3n) is 4.66. The van der Waals surface area contributed by atoms with Crippen LogP contribution in [-0.2, 0) is 14.6 Å². The second-order valence-corrected chi connectivity index (χ2v) is 9.44. The average molecular weight is 403 g/mol. The highest BCUT2D eigenvalue weighted by molar-refractivity contribution is 7.91. The van der Waals surface area contributed by atoms with Crippen LogP contribution >= 0.6 is 23.2 Å². The third kappa shape index (κ3) is 4.56. The fraction of sp³-hybridized carbons (Fsp3) is 0.471. The second-order valence-electron chi connectivity index (χ2n) is 6.47. The summed E-state index contributed by atoms with van der Waals surface area (Å²) in [4.78, 5) is 14.4. The van der Waals surface area contributed by atoms with Gasteiger partial charge in [0, 0.05) is 27.7 Å². The van der Waals surface area contributed by atoms with Gasteiger partial charge in [0.2, 0.25) is 5.91 Å². The van der Waals surface area contributed by atoms with Gasteiger partial charge in [-0.2, -0.15) is 0 Å². The first-order valence-corrected chi connectivity index (χ1v) is 10.8. The lowest BCUT2D eigenvalue weighted by molar-refractivity contribution is -0.117. The van der Waals surface area contributed by atoms with Crippen molar-refractivity contribution >= 4 is 45.0 Å². The van der Waals surface area contributed by atoms with Gasteiger partial charge in [0.25, 0.3) is 0 Å². The van der Waals surface area contributed by atoms with Crippen molar-refractivity contribution in [2.75, 3.05) is 24.6 Å². The van der Waals surface area contributed by atoms with Gasteiger partial charge in [0.05, 0.1) is 17.5 Å². The van der Waals surface area contributed by atoms with Crippen molar-refractivity contribution in [2.24, 2.45) is 0 Å². The Morgan fingerprint density at radius 2 is 1.80 bits per heavy atom. The van der Waals surface area contributed by atoms with Gasteiger partial charge in [0.15, 0.2) is 9.84 Å². The van der Waals surface area contributed by atoms with E-state index in [-0.39, 0.29) is 29.5 Å². The highest BCUT2D eigenvalue weighted by atomic mass is 35.5. The van der Waals surface area contributed by atoms with Crippen LogP contribution in [0.15, 0.2) is 24.3 Å². The molecule has 2 heterocycles. The van der Waals surface area contributed by atoms with Gasteiger partial charge in [-0.1, -0.05) is 29.3 Å². The van der Waals surface area contributed by atoms with E-state index < -0.39 is 9.84 Å². The van der Waals surface area contributed by atoms with Crippen molar-refractivity contribution in [1.29, 1.82) is 0 Å². The quantitative estimate of drug-likeness (QED) is 0.785. The molecular formula is C17H20Cl2N2O3S. The molecule has 2 unspecified atom stereocenters. The van der Waals surface area contributed by atoms with Gasteiger partial charge in [-0.15, -0.1) is 0 Å². The predicted octanol–water partition coefficient (Wildman–Crippen LogP) is 2.38. The fourth-order valence-electron chi connectivity index (χ4n) is 3.46. The number of amides is 1. The number of likely N-dealkylation sites (tertiary alicyclic amines) is 1. The van der Waals surface area contributed by atoms with Gasteiger partial charge in [0.1, 0.15) is 0 Å². The smallest absolute Gasteiger partial charge is 0.244 e. The molecule has 2 aliphatic rings. The minimum absolute atomic E-state index is 0.0133. The number of carbonyl (C=O) groups is 1. The summed E-state index contributed by atoms with van der Waals surface area (Å²) in [5.41, 5.74) is 0.566. The molecule has 25 heavy (non-hydrogen) atoms. The number of sulfone groups is 1. The Balaban J connectivity index is 1.69. The molecule has 0 radical (unpaired) electrons. The largest absolute Gasteiger partial charge is 0.347 e. The summed E-state index contributed by atoms with van der Waals surface area (Å²) in [5, 5.41) is 3.75. The van der Waals surface area contributed by atoms with Crippen LogP contribution in [0.4, 0.5) is 0 Å². The molecule has 0 aliphatic carbocycles. The molecule has 2 saturated heterocycles. The van der Waals surface area contributed by atoms with E-state index in [1.54, 1.807) is 24.3 Å². The number of hydrogen-bond acceptors (Lipinski definition) is 4. The number of carbonyl (C=O) groups excluding carboxylic acids is 1. The van der Waals surface area contributed by atoms with Crippen LogP contribution in [0.1, 0.15) is 18.4 Å². The van der Waals surface area contributed by atoms with E-state index in [4.69, 9.17) is 23.2 Å². The molecule has 0 saturated carbocycles. The molecule has 1 aromatic carbocycles. The van der Waals surface area contributed by atoms with Crippen LogP contribution in [0.25, 0.3) is 6.08 Å². The lowest BCUT2D eigenvalue weighted by atomic mass is 10.1. The summed E-state index contributed by atoms with van der Waals surface area (Å²) >= 11 is 12.2. The first-order valence-electron chi connectivity index (χ1n) is 8.23. The maximum Gasteiger partial charge on any atom is 0.244 e. The number of nitrogens with one attached hydrogen (secondary N) is 1. The molecule has 2 atom stereocenters. The van der Waals surface area contributed by atoms with Crippen molar-refractivity contribution in [3.63, 3.8) is 0 Å². The normalized spacial score (nSPS) is 26.3. The zero-order valence-electron chi connectivity index (χ0n) is 13.6. The lowest BCUT2D eigenvalue weighted by Gasteiger charge is -2.28. The van der Waals surface area contributed by atoms with E-state index in [1.807, 2.05) is 0 Å². The summed E-state index contributed by atoms with van der Waals surface area (Å²) in [7, 11) is -3.13. The van der Waals surface area contributed by atoms with E-state index in [0.29, 0.717) is 15.6 Å². The van der Waals surface area contributed by atoms with Crippen LogP contribution < -0.4 is 5.32 Å². The molecule has 2 fully saturated rings. The molecule has 136 valence electrons. The average Bonchev–Trinajstić information content (AvgIpc) is 3.14.